The highest BCUT2D eigenvalue weighted by Gasteiger charge is 2.37. The van der Waals surface area contributed by atoms with Crippen molar-refractivity contribution in [1.82, 2.24) is 15.5 Å². The minimum absolute atomic E-state index is 0.215. The number of carbonyl (C=O) groups is 2. The Balaban J connectivity index is 2.68. The molecule has 0 spiro atoms. The summed E-state index contributed by atoms with van der Waals surface area (Å²) in [5, 5.41) is 15.1. The van der Waals surface area contributed by atoms with Gasteiger partial charge in [0.2, 0.25) is 5.91 Å². The van der Waals surface area contributed by atoms with Crippen LogP contribution in [-0.4, -0.2) is 59.6 Å². The number of hydrogen-bond donors (Lipinski definition) is 3. The fraction of sp³-hybridized carbons (Fsp3) is 0.857. The lowest BCUT2D eigenvalue weighted by molar-refractivity contribution is -0.144. The highest BCUT2D eigenvalue weighted by Crippen LogP contribution is 2.16. The molecule has 1 saturated heterocycles. The fourth-order valence-corrected chi connectivity index (χ4v) is 2.40. The molecule has 1 rings (SSSR count). The largest absolute Gasteiger partial charge is 0.480 e. The molecule has 1 unspecified atom stereocenters. The number of carboxylic acids is 1. The van der Waals surface area contributed by atoms with Gasteiger partial charge >= 0.3 is 5.97 Å². The van der Waals surface area contributed by atoms with Crippen LogP contribution in [-0.2, 0) is 9.59 Å². The first-order chi connectivity index (χ1) is 9.25. The van der Waals surface area contributed by atoms with Gasteiger partial charge in [0.1, 0.15) is 6.04 Å². The monoisotopic (exact) mass is 285 g/mol. The van der Waals surface area contributed by atoms with E-state index in [0.29, 0.717) is 6.42 Å². The molecule has 0 aromatic heterocycles. The summed E-state index contributed by atoms with van der Waals surface area (Å²) in [4.78, 5) is 25.7. The van der Waals surface area contributed by atoms with Crippen molar-refractivity contribution in [2.24, 2.45) is 5.92 Å². The molecule has 1 aliphatic heterocycles. The quantitative estimate of drug-likeness (QED) is 0.653. The Morgan fingerprint density at radius 1 is 1.30 bits per heavy atom. The van der Waals surface area contributed by atoms with Gasteiger partial charge in [0, 0.05) is 26.2 Å². The van der Waals surface area contributed by atoms with Crippen molar-refractivity contribution in [3.05, 3.63) is 0 Å². The lowest BCUT2D eigenvalue weighted by Crippen LogP contribution is -2.61. The number of carbonyl (C=O) groups excluding carboxylic acids is 1. The van der Waals surface area contributed by atoms with Crippen LogP contribution in [0.4, 0.5) is 0 Å². The maximum atomic E-state index is 12.4. The van der Waals surface area contributed by atoms with Gasteiger partial charge in [-0.3, -0.25) is 9.69 Å². The zero-order chi connectivity index (χ0) is 15.3. The first-order valence-electron chi connectivity index (χ1n) is 7.24. The number of aliphatic carboxylic acids is 1. The Bertz CT molecular complexity index is 350. The number of rotatable bonds is 6. The number of nitrogens with one attached hydrogen (secondary N) is 2. The second kappa shape index (κ2) is 7.04. The van der Waals surface area contributed by atoms with E-state index < -0.39 is 17.6 Å². The van der Waals surface area contributed by atoms with Crippen LogP contribution in [0.3, 0.4) is 0 Å². The third-order valence-electron chi connectivity index (χ3n) is 3.77. The molecular weight excluding hydrogens is 258 g/mol. The van der Waals surface area contributed by atoms with Gasteiger partial charge in [-0.1, -0.05) is 13.8 Å². The van der Waals surface area contributed by atoms with Crippen LogP contribution in [0.15, 0.2) is 0 Å². The summed E-state index contributed by atoms with van der Waals surface area (Å²) >= 11 is 0. The van der Waals surface area contributed by atoms with Crippen molar-refractivity contribution in [2.75, 3.05) is 26.2 Å². The van der Waals surface area contributed by atoms with Gasteiger partial charge in [0.25, 0.3) is 0 Å². The standard InChI is InChI=1S/C14H27N3O3/c1-10(2)9-11(12(18)19)16-13(20)14(3,4)17-7-5-15-6-8-17/h10-11,15H,5-9H2,1-4H3,(H,16,20)(H,18,19). The molecule has 0 bridgehead atoms. The second-order valence-corrected chi connectivity index (χ2v) is 6.29. The fourth-order valence-electron chi connectivity index (χ4n) is 2.40. The van der Waals surface area contributed by atoms with Gasteiger partial charge in [0.15, 0.2) is 0 Å². The average molecular weight is 285 g/mol. The number of hydrogen-bond acceptors (Lipinski definition) is 4. The van der Waals surface area contributed by atoms with E-state index in [1.165, 1.54) is 0 Å². The molecule has 0 aromatic carbocycles. The normalized spacial score (nSPS) is 18.9. The van der Waals surface area contributed by atoms with E-state index in [9.17, 15) is 14.7 Å². The molecule has 6 nitrogen and oxygen atoms in total. The van der Waals surface area contributed by atoms with Crippen LogP contribution in [0.5, 0.6) is 0 Å². The molecule has 116 valence electrons. The molecule has 0 aromatic rings. The van der Waals surface area contributed by atoms with E-state index in [1.807, 2.05) is 27.7 Å². The molecule has 1 fully saturated rings. The highest BCUT2D eigenvalue weighted by molar-refractivity contribution is 5.89. The number of nitrogens with zero attached hydrogens (tertiary/aromatic N) is 1. The Morgan fingerprint density at radius 3 is 2.30 bits per heavy atom. The maximum absolute atomic E-state index is 12.4. The summed E-state index contributed by atoms with van der Waals surface area (Å²) in [7, 11) is 0. The first-order valence-corrected chi connectivity index (χ1v) is 7.24. The topological polar surface area (TPSA) is 81.7 Å². The molecule has 0 radical (unpaired) electrons. The Labute approximate surface area is 120 Å². The van der Waals surface area contributed by atoms with E-state index in [0.717, 1.165) is 26.2 Å². The van der Waals surface area contributed by atoms with Gasteiger partial charge in [-0.25, -0.2) is 4.79 Å². The van der Waals surface area contributed by atoms with E-state index in [1.54, 1.807) is 0 Å². The minimum Gasteiger partial charge on any atom is -0.480 e. The zero-order valence-electron chi connectivity index (χ0n) is 12.9. The second-order valence-electron chi connectivity index (χ2n) is 6.29. The number of piperazine rings is 1. The van der Waals surface area contributed by atoms with E-state index in [2.05, 4.69) is 15.5 Å². The lowest BCUT2D eigenvalue weighted by Gasteiger charge is -2.40. The molecule has 0 saturated carbocycles. The molecule has 20 heavy (non-hydrogen) atoms. The van der Waals surface area contributed by atoms with Gasteiger partial charge in [0.05, 0.1) is 5.54 Å². The van der Waals surface area contributed by atoms with Crippen molar-refractivity contribution in [3.63, 3.8) is 0 Å². The molecule has 1 atom stereocenters. The van der Waals surface area contributed by atoms with Crippen molar-refractivity contribution >= 4 is 11.9 Å². The molecule has 1 aliphatic rings. The van der Waals surface area contributed by atoms with Gasteiger partial charge in [-0.2, -0.15) is 0 Å². The predicted molar refractivity (Wildman–Crippen MR) is 77.5 cm³/mol. The van der Waals surface area contributed by atoms with E-state index in [4.69, 9.17) is 0 Å². The Hall–Kier alpha value is -1.14. The van der Waals surface area contributed by atoms with Crippen LogP contribution in [0.2, 0.25) is 0 Å². The van der Waals surface area contributed by atoms with E-state index in [-0.39, 0.29) is 11.8 Å². The van der Waals surface area contributed by atoms with Gasteiger partial charge in [-0.05, 0) is 26.2 Å². The Morgan fingerprint density at radius 2 is 1.85 bits per heavy atom. The molecule has 6 heteroatoms. The molecular formula is C14H27N3O3. The predicted octanol–water partition coefficient (Wildman–Crippen LogP) is 0.286. The lowest BCUT2D eigenvalue weighted by atomic mass is 9.98. The van der Waals surface area contributed by atoms with Gasteiger partial charge < -0.3 is 15.7 Å². The zero-order valence-corrected chi connectivity index (χ0v) is 12.9. The summed E-state index contributed by atoms with van der Waals surface area (Å²) < 4.78 is 0. The molecule has 0 aliphatic carbocycles. The first kappa shape index (κ1) is 16.9. The third kappa shape index (κ3) is 4.45. The summed E-state index contributed by atoms with van der Waals surface area (Å²) in [6, 6.07) is -0.815. The summed E-state index contributed by atoms with van der Waals surface area (Å²) in [6.45, 7) is 10.9. The SMILES string of the molecule is CC(C)CC(NC(=O)C(C)(C)N1CCNCC1)C(=O)O. The number of carboxylic acid groups (broad SMARTS) is 1. The third-order valence-corrected chi connectivity index (χ3v) is 3.77. The summed E-state index contributed by atoms with van der Waals surface area (Å²) in [5.41, 5.74) is -0.688. The van der Waals surface area contributed by atoms with Gasteiger partial charge in [-0.15, -0.1) is 0 Å². The maximum Gasteiger partial charge on any atom is 0.326 e. The Kier molecular flexibility index (Phi) is 5.95. The average Bonchev–Trinajstić information content (AvgIpc) is 2.38. The smallest absolute Gasteiger partial charge is 0.326 e. The van der Waals surface area contributed by atoms with Crippen molar-refractivity contribution in [3.8, 4) is 0 Å². The van der Waals surface area contributed by atoms with Crippen molar-refractivity contribution in [1.29, 1.82) is 0 Å². The van der Waals surface area contributed by atoms with Crippen molar-refractivity contribution in [2.45, 2.75) is 45.7 Å². The molecule has 3 N–H and O–H groups in total. The summed E-state index contributed by atoms with van der Waals surface area (Å²) in [6.07, 6.45) is 0.443. The van der Waals surface area contributed by atoms with Crippen LogP contribution >= 0.6 is 0 Å². The molecule has 1 heterocycles. The number of amides is 1. The molecule has 1 amide bonds. The summed E-state index contributed by atoms with van der Waals surface area (Å²) in [5.74, 6) is -0.964. The van der Waals surface area contributed by atoms with Crippen LogP contribution < -0.4 is 10.6 Å². The minimum atomic E-state index is -0.969. The highest BCUT2D eigenvalue weighted by atomic mass is 16.4. The van der Waals surface area contributed by atoms with Crippen molar-refractivity contribution < 1.29 is 14.7 Å². The van der Waals surface area contributed by atoms with Crippen LogP contribution in [0.1, 0.15) is 34.1 Å². The van der Waals surface area contributed by atoms with Crippen LogP contribution in [0, 0.1) is 5.92 Å². The van der Waals surface area contributed by atoms with Crippen LogP contribution in [0.25, 0.3) is 0 Å². The van der Waals surface area contributed by atoms with E-state index >= 15 is 0 Å².